The van der Waals surface area contributed by atoms with E-state index in [2.05, 4.69) is 31.3 Å². The number of rotatable bonds is 6. The highest BCUT2D eigenvalue weighted by atomic mass is 32.2. The second-order valence-electron chi connectivity index (χ2n) is 5.32. The van der Waals surface area contributed by atoms with Crippen molar-refractivity contribution in [1.29, 1.82) is 0 Å². The fourth-order valence-electron chi connectivity index (χ4n) is 2.62. The zero-order valence-corrected chi connectivity index (χ0v) is 13.4. The number of anilines is 1. The fourth-order valence-corrected chi connectivity index (χ4v) is 3.43. The van der Waals surface area contributed by atoms with Gasteiger partial charge in [-0.05, 0) is 36.5 Å². The standard InChI is InChI=1S/C16H24N2OS/c1-4-20-10-9-12(2)17-14-11-16(19)18(3)15-8-6-5-7-13(14)15/h5-8,12,14,17H,4,9-11H2,1-3H3. The van der Waals surface area contributed by atoms with Crippen LogP contribution in [0.5, 0.6) is 0 Å². The van der Waals surface area contributed by atoms with E-state index < -0.39 is 0 Å². The van der Waals surface area contributed by atoms with Gasteiger partial charge in [0.25, 0.3) is 0 Å². The number of nitrogens with zero attached hydrogens (tertiary/aromatic N) is 1. The predicted octanol–water partition coefficient (Wildman–Crippen LogP) is 3.22. The molecule has 1 N–H and O–H groups in total. The summed E-state index contributed by atoms with van der Waals surface area (Å²) in [5.41, 5.74) is 2.28. The van der Waals surface area contributed by atoms with Gasteiger partial charge in [0.05, 0.1) is 0 Å². The summed E-state index contributed by atoms with van der Waals surface area (Å²) in [5.74, 6) is 2.53. The molecule has 0 spiro atoms. The Morgan fingerprint density at radius 3 is 2.95 bits per heavy atom. The maximum atomic E-state index is 12.1. The number of para-hydroxylation sites is 1. The van der Waals surface area contributed by atoms with Crippen molar-refractivity contribution in [1.82, 2.24) is 5.32 Å². The van der Waals surface area contributed by atoms with Crippen LogP contribution >= 0.6 is 11.8 Å². The monoisotopic (exact) mass is 292 g/mol. The first-order valence-electron chi connectivity index (χ1n) is 7.32. The van der Waals surface area contributed by atoms with Crippen LogP contribution in [0.15, 0.2) is 24.3 Å². The van der Waals surface area contributed by atoms with Crippen molar-refractivity contribution in [2.45, 2.75) is 38.8 Å². The van der Waals surface area contributed by atoms with Crippen LogP contribution in [-0.2, 0) is 4.79 Å². The van der Waals surface area contributed by atoms with Crippen LogP contribution in [0.25, 0.3) is 0 Å². The molecule has 4 heteroatoms. The summed E-state index contributed by atoms with van der Waals surface area (Å²) in [5, 5.41) is 3.62. The number of benzene rings is 1. The first-order chi connectivity index (χ1) is 9.63. The van der Waals surface area contributed by atoms with Crippen molar-refractivity contribution in [3.8, 4) is 0 Å². The summed E-state index contributed by atoms with van der Waals surface area (Å²) < 4.78 is 0. The number of hydrogen-bond donors (Lipinski definition) is 1. The normalized spacial score (nSPS) is 19.9. The van der Waals surface area contributed by atoms with E-state index in [1.165, 1.54) is 17.1 Å². The van der Waals surface area contributed by atoms with Gasteiger partial charge in [-0.25, -0.2) is 0 Å². The lowest BCUT2D eigenvalue weighted by molar-refractivity contribution is -0.119. The van der Waals surface area contributed by atoms with Gasteiger partial charge in [0.15, 0.2) is 0 Å². The molecule has 1 heterocycles. The van der Waals surface area contributed by atoms with Gasteiger partial charge in [-0.3, -0.25) is 4.79 Å². The van der Waals surface area contributed by atoms with Crippen molar-refractivity contribution in [3.05, 3.63) is 29.8 Å². The molecular formula is C16H24N2OS. The van der Waals surface area contributed by atoms with E-state index in [1.807, 2.05) is 30.9 Å². The molecule has 1 amide bonds. The number of amides is 1. The van der Waals surface area contributed by atoms with E-state index in [-0.39, 0.29) is 11.9 Å². The summed E-state index contributed by atoms with van der Waals surface area (Å²) in [7, 11) is 1.86. The van der Waals surface area contributed by atoms with Crippen LogP contribution in [-0.4, -0.2) is 30.5 Å². The highest BCUT2D eigenvalue weighted by Gasteiger charge is 2.29. The van der Waals surface area contributed by atoms with Crippen LogP contribution in [0.3, 0.4) is 0 Å². The topological polar surface area (TPSA) is 32.3 Å². The number of thioether (sulfide) groups is 1. The minimum atomic E-state index is 0.150. The lowest BCUT2D eigenvalue weighted by Gasteiger charge is -2.33. The Balaban J connectivity index is 2.05. The summed E-state index contributed by atoms with van der Waals surface area (Å²) in [6.07, 6.45) is 1.69. The third kappa shape index (κ3) is 3.55. The lowest BCUT2D eigenvalue weighted by atomic mass is 9.95. The number of carbonyl (C=O) groups is 1. The molecule has 0 radical (unpaired) electrons. The molecule has 1 aromatic rings. The first-order valence-corrected chi connectivity index (χ1v) is 8.48. The Hall–Kier alpha value is -1.00. The molecular weight excluding hydrogens is 268 g/mol. The van der Waals surface area contributed by atoms with Gasteiger partial charge >= 0.3 is 0 Å². The van der Waals surface area contributed by atoms with E-state index in [4.69, 9.17) is 0 Å². The highest BCUT2D eigenvalue weighted by Crippen LogP contribution is 2.33. The van der Waals surface area contributed by atoms with Crippen LogP contribution in [0.4, 0.5) is 5.69 Å². The van der Waals surface area contributed by atoms with Crippen molar-refractivity contribution in [2.75, 3.05) is 23.5 Å². The molecule has 0 fully saturated rings. The van der Waals surface area contributed by atoms with E-state index >= 15 is 0 Å². The molecule has 2 unspecified atom stereocenters. The summed E-state index contributed by atoms with van der Waals surface area (Å²) >= 11 is 1.97. The highest BCUT2D eigenvalue weighted by molar-refractivity contribution is 7.99. The van der Waals surface area contributed by atoms with Crippen LogP contribution < -0.4 is 10.2 Å². The Morgan fingerprint density at radius 2 is 2.20 bits per heavy atom. The average Bonchev–Trinajstić information content (AvgIpc) is 2.45. The van der Waals surface area contributed by atoms with Crippen LogP contribution in [0.1, 0.15) is 38.3 Å². The molecule has 0 bridgehead atoms. The van der Waals surface area contributed by atoms with Crippen molar-refractivity contribution < 1.29 is 4.79 Å². The molecule has 0 saturated carbocycles. The quantitative estimate of drug-likeness (QED) is 0.817. The predicted molar refractivity (Wildman–Crippen MR) is 87.4 cm³/mol. The molecule has 110 valence electrons. The van der Waals surface area contributed by atoms with Crippen molar-refractivity contribution in [3.63, 3.8) is 0 Å². The molecule has 0 aliphatic carbocycles. The van der Waals surface area contributed by atoms with Gasteiger partial charge in [-0.2, -0.15) is 11.8 Å². The molecule has 0 saturated heterocycles. The number of carbonyl (C=O) groups excluding carboxylic acids is 1. The van der Waals surface area contributed by atoms with E-state index in [0.717, 1.165) is 12.1 Å². The molecule has 2 atom stereocenters. The minimum absolute atomic E-state index is 0.150. The van der Waals surface area contributed by atoms with Gasteiger partial charge in [0, 0.05) is 31.2 Å². The second-order valence-corrected chi connectivity index (χ2v) is 6.72. The molecule has 1 aromatic carbocycles. The zero-order chi connectivity index (χ0) is 14.5. The lowest BCUT2D eigenvalue weighted by Crippen LogP contribution is -2.40. The summed E-state index contributed by atoms with van der Waals surface area (Å²) in [6.45, 7) is 4.40. The van der Waals surface area contributed by atoms with Gasteiger partial charge < -0.3 is 10.2 Å². The Bertz CT molecular complexity index is 464. The van der Waals surface area contributed by atoms with Gasteiger partial charge in [0.1, 0.15) is 0 Å². The van der Waals surface area contributed by atoms with Crippen LogP contribution in [0, 0.1) is 0 Å². The number of nitrogens with one attached hydrogen (secondary N) is 1. The largest absolute Gasteiger partial charge is 0.315 e. The fraction of sp³-hybridized carbons (Fsp3) is 0.562. The zero-order valence-electron chi connectivity index (χ0n) is 12.6. The van der Waals surface area contributed by atoms with Crippen molar-refractivity contribution in [2.24, 2.45) is 0 Å². The van der Waals surface area contributed by atoms with E-state index in [0.29, 0.717) is 12.5 Å². The Labute approximate surface area is 126 Å². The summed E-state index contributed by atoms with van der Waals surface area (Å²) in [6, 6.07) is 8.78. The molecule has 1 aliphatic heterocycles. The first kappa shape index (κ1) is 15.4. The third-order valence-corrected chi connectivity index (χ3v) is 4.74. The van der Waals surface area contributed by atoms with E-state index in [9.17, 15) is 4.79 Å². The Morgan fingerprint density at radius 1 is 1.45 bits per heavy atom. The average molecular weight is 292 g/mol. The molecule has 0 aromatic heterocycles. The third-order valence-electron chi connectivity index (χ3n) is 3.81. The number of fused-ring (bicyclic) bond motifs is 1. The SMILES string of the molecule is CCSCCC(C)NC1CC(=O)N(C)c2ccccc21. The minimum Gasteiger partial charge on any atom is -0.315 e. The maximum absolute atomic E-state index is 12.1. The van der Waals surface area contributed by atoms with Gasteiger partial charge in [-0.1, -0.05) is 25.1 Å². The van der Waals surface area contributed by atoms with E-state index in [1.54, 1.807) is 4.90 Å². The molecule has 20 heavy (non-hydrogen) atoms. The van der Waals surface area contributed by atoms with Gasteiger partial charge in [-0.15, -0.1) is 0 Å². The molecule has 2 rings (SSSR count). The number of hydrogen-bond acceptors (Lipinski definition) is 3. The smallest absolute Gasteiger partial charge is 0.228 e. The van der Waals surface area contributed by atoms with Gasteiger partial charge in [0.2, 0.25) is 5.91 Å². The second kappa shape index (κ2) is 7.14. The van der Waals surface area contributed by atoms with Crippen LogP contribution in [0.2, 0.25) is 0 Å². The molecule has 3 nitrogen and oxygen atoms in total. The van der Waals surface area contributed by atoms with Crippen molar-refractivity contribution >= 4 is 23.4 Å². The molecule has 1 aliphatic rings. The Kier molecular flexibility index (Phi) is 5.49. The summed E-state index contributed by atoms with van der Waals surface area (Å²) in [4.78, 5) is 13.9. The maximum Gasteiger partial charge on any atom is 0.228 e.